The summed E-state index contributed by atoms with van der Waals surface area (Å²) in [5, 5.41) is 2.12. The average Bonchev–Trinajstić information content (AvgIpc) is 3.09. The van der Waals surface area contributed by atoms with Gasteiger partial charge in [0.1, 0.15) is 5.75 Å². The maximum atomic E-state index is 12.1. The number of hydrogen-bond donors (Lipinski definition) is 0. The zero-order valence-electron chi connectivity index (χ0n) is 16.3. The largest absolute Gasteiger partial charge is 0.497 e. The highest BCUT2D eigenvalue weighted by molar-refractivity contribution is 6.31. The van der Waals surface area contributed by atoms with Crippen molar-refractivity contribution in [2.75, 3.05) is 21.3 Å². The lowest BCUT2D eigenvalue weighted by Crippen LogP contribution is -2.09. The van der Waals surface area contributed by atoms with Gasteiger partial charge in [-0.05, 0) is 48.0 Å². The van der Waals surface area contributed by atoms with Crippen molar-refractivity contribution in [1.82, 2.24) is 4.57 Å². The smallest absolute Gasteiger partial charge is 0.330 e. The SMILES string of the molecule is COC(=O)/C=C/c1cc(Cl)cc2c(CC(=O)OC)n(-c3ccc(OC)cc3)cc12. The Kier molecular flexibility index (Phi) is 6.24. The normalized spacial score (nSPS) is 11.0. The van der Waals surface area contributed by atoms with E-state index in [-0.39, 0.29) is 12.4 Å². The molecule has 3 rings (SSSR count). The molecule has 0 saturated heterocycles. The lowest BCUT2D eigenvalue weighted by molar-refractivity contribution is -0.140. The molecule has 150 valence electrons. The van der Waals surface area contributed by atoms with Crippen LogP contribution < -0.4 is 4.74 Å². The number of hydrogen-bond acceptors (Lipinski definition) is 5. The molecule has 1 aromatic heterocycles. The molecule has 0 fully saturated rings. The molecule has 7 heteroatoms. The number of methoxy groups -OCH3 is 3. The molecule has 0 N–H and O–H groups in total. The number of aromatic nitrogens is 1. The van der Waals surface area contributed by atoms with Gasteiger partial charge in [0.05, 0.1) is 27.8 Å². The number of fused-ring (bicyclic) bond motifs is 1. The first-order valence-electron chi connectivity index (χ1n) is 8.77. The van der Waals surface area contributed by atoms with Crippen molar-refractivity contribution < 1.29 is 23.8 Å². The van der Waals surface area contributed by atoms with Gasteiger partial charge in [0.15, 0.2) is 0 Å². The van der Waals surface area contributed by atoms with E-state index < -0.39 is 5.97 Å². The summed E-state index contributed by atoms with van der Waals surface area (Å²) in [5.74, 6) is -0.112. The van der Waals surface area contributed by atoms with Crippen molar-refractivity contribution in [3.05, 3.63) is 65.0 Å². The third-order valence-corrected chi connectivity index (χ3v) is 4.75. The Hall–Kier alpha value is -3.25. The fourth-order valence-corrected chi connectivity index (χ4v) is 3.31. The lowest BCUT2D eigenvalue weighted by Gasteiger charge is -2.10. The van der Waals surface area contributed by atoms with Crippen LogP contribution in [0.4, 0.5) is 0 Å². The standard InChI is InChI=1S/C22H20ClNO5/c1-27-17-7-5-16(6-8-17)24-13-19-14(4-9-21(25)28-2)10-15(23)11-18(19)20(24)12-22(26)29-3/h4-11,13H,12H2,1-3H3/b9-4+. The Balaban J connectivity index is 2.23. The summed E-state index contributed by atoms with van der Waals surface area (Å²) in [4.78, 5) is 23.6. The van der Waals surface area contributed by atoms with E-state index >= 15 is 0 Å². The summed E-state index contributed by atoms with van der Waals surface area (Å²) >= 11 is 6.32. The zero-order chi connectivity index (χ0) is 21.0. The molecule has 29 heavy (non-hydrogen) atoms. The second-order valence-electron chi connectivity index (χ2n) is 6.21. The molecule has 0 atom stereocenters. The number of benzene rings is 2. The molecule has 0 aliphatic rings. The Morgan fingerprint density at radius 2 is 1.76 bits per heavy atom. The second kappa shape index (κ2) is 8.84. The molecule has 0 aliphatic heterocycles. The molecule has 0 amide bonds. The van der Waals surface area contributed by atoms with Crippen LogP contribution in [0.5, 0.6) is 5.75 Å². The van der Waals surface area contributed by atoms with Crippen LogP contribution in [0.3, 0.4) is 0 Å². The Labute approximate surface area is 173 Å². The van der Waals surface area contributed by atoms with Gasteiger partial charge in [-0.3, -0.25) is 4.79 Å². The number of ether oxygens (including phenoxy) is 3. The van der Waals surface area contributed by atoms with Crippen molar-refractivity contribution in [2.24, 2.45) is 0 Å². The third kappa shape index (κ3) is 4.43. The quantitative estimate of drug-likeness (QED) is 0.447. The minimum atomic E-state index is -0.470. The predicted octanol–water partition coefficient (Wildman–Crippen LogP) is 4.19. The maximum absolute atomic E-state index is 12.1. The number of rotatable bonds is 6. The highest BCUT2D eigenvalue weighted by Gasteiger charge is 2.17. The van der Waals surface area contributed by atoms with Crippen molar-refractivity contribution in [1.29, 1.82) is 0 Å². The number of carbonyl (C=O) groups is 2. The summed E-state index contributed by atoms with van der Waals surface area (Å²) in [5.41, 5.74) is 2.31. The minimum Gasteiger partial charge on any atom is -0.497 e. The Morgan fingerprint density at radius 1 is 1.03 bits per heavy atom. The molecule has 1 heterocycles. The van der Waals surface area contributed by atoms with Crippen molar-refractivity contribution >= 4 is 40.4 Å². The third-order valence-electron chi connectivity index (χ3n) is 4.53. The fraction of sp³-hybridized carbons (Fsp3) is 0.182. The van der Waals surface area contributed by atoms with Gasteiger partial charge in [0, 0.05) is 39.4 Å². The predicted molar refractivity (Wildman–Crippen MR) is 112 cm³/mol. The van der Waals surface area contributed by atoms with E-state index in [1.165, 1.54) is 20.3 Å². The summed E-state index contributed by atoms with van der Waals surface area (Å²) in [6, 6.07) is 11.0. The van der Waals surface area contributed by atoms with Gasteiger partial charge >= 0.3 is 11.9 Å². The minimum absolute atomic E-state index is 0.0620. The van der Waals surface area contributed by atoms with Crippen LogP contribution in [0, 0.1) is 0 Å². The van der Waals surface area contributed by atoms with E-state index in [0.29, 0.717) is 5.02 Å². The van der Waals surface area contributed by atoms with Crippen LogP contribution in [0.15, 0.2) is 48.7 Å². The van der Waals surface area contributed by atoms with Gasteiger partial charge < -0.3 is 18.8 Å². The van der Waals surface area contributed by atoms with Crippen molar-refractivity contribution in [3.8, 4) is 11.4 Å². The topological polar surface area (TPSA) is 66.8 Å². The molecule has 0 saturated carbocycles. The molecule has 0 radical (unpaired) electrons. The summed E-state index contributed by atoms with van der Waals surface area (Å²) < 4.78 is 16.7. The van der Waals surface area contributed by atoms with E-state index in [0.717, 1.165) is 33.5 Å². The van der Waals surface area contributed by atoms with Gasteiger partial charge in [0.2, 0.25) is 0 Å². The van der Waals surface area contributed by atoms with Gasteiger partial charge in [-0.2, -0.15) is 0 Å². The van der Waals surface area contributed by atoms with E-state index in [9.17, 15) is 9.59 Å². The number of carbonyl (C=O) groups excluding carboxylic acids is 2. The molecule has 3 aromatic rings. The maximum Gasteiger partial charge on any atom is 0.330 e. The first-order valence-corrected chi connectivity index (χ1v) is 9.15. The Morgan fingerprint density at radius 3 is 2.38 bits per heavy atom. The van der Waals surface area contributed by atoms with Crippen LogP contribution in [-0.2, 0) is 25.5 Å². The van der Waals surface area contributed by atoms with Crippen LogP contribution in [-0.4, -0.2) is 37.8 Å². The van der Waals surface area contributed by atoms with E-state index in [2.05, 4.69) is 4.74 Å². The highest BCUT2D eigenvalue weighted by atomic mass is 35.5. The van der Waals surface area contributed by atoms with Gasteiger partial charge in [-0.15, -0.1) is 0 Å². The van der Waals surface area contributed by atoms with Crippen LogP contribution in [0.2, 0.25) is 5.02 Å². The Bertz CT molecular complexity index is 1080. The number of esters is 2. The van der Waals surface area contributed by atoms with E-state index in [1.54, 1.807) is 25.3 Å². The zero-order valence-corrected chi connectivity index (χ0v) is 17.0. The molecule has 0 bridgehead atoms. The lowest BCUT2D eigenvalue weighted by atomic mass is 10.1. The van der Waals surface area contributed by atoms with Crippen LogP contribution in [0.1, 0.15) is 11.3 Å². The van der Waals surface area contributed by atoms with Gasteiger partial charge in [-0.1, -0.05) is 11.6 Å². The summed E-state index contributed by atoms with van der Waals surface area (Å²) in [6.45, 7) is 0. The van der Waals surface area contributed by atoms with Crippen LogP contribution >= 0.6 is 11.6 Å². The summed E-state index contributed by atoms with van der Waals surface area (Å²) in [7, 11) is 4.26. The fourth-order valence-electron chi connectivity index (χ4n) is 3.08. The molecule has 0 aliphatic carbocycles. The first-order chi connectivity index (χ1) is 14.0. The molecular weight excluding hydrogens is 394 g/mol. The molecule has 0 unspecified atom stereocenters. The van der Waals surface area contributed by atoms with Crippen molar-refractivity contribution in [3.63, 3.8) is 0 Å². The highest BCUT2D eigenvalue weighted by Crippen LogP contribution is 2.32. The first kappa shape index (κ1) is 20.5. The van der Waals surface area contributed by atoms with E-state index in [1.807, 2.05) is 35.0 Å². The molecule has 2 aromatic carbocycles. The molecule has 6 nitrogen and oxygen atoms in total. The van der Waals surface area contributed by atoms with Gasteiger partial charge in [-0.25, -0.2) is 4.79 Å². The summed E-state index contributed by atoms with van der Waals surface area (Å²) in [6.07, 6.45) is 4.94. The average molecular weight is 414 g/mol. The number of nitrogens with zero attached hydrogens (tertiary/aromatic N) is 1. The monoisotopic (exact) mass is 413 g/mol. The second-order valence-corrected chi connectivity index (χ2v) is 6.65. The molecule has 0 spiro atoms. The van der Waals surface area contributed by atoms with E-state index in [4.69, 9.17) is 21.1 Å². The number of halogens is 1. The van der Waals surface area contributed by atoms with Crippen LogP contribution in [0.25, 0.3) is 22.5 Å². The van der Waals surface area contributed by atoms with Crippen molar-refractivity contribution in [2.45, 2.75) is 6.42 Å². The molecular formula is C22H20ClNO5. The van der Waals surface area contributed by atoms with Gasteiger partial charge in [0.25, 0.3) is 0 Å².